The molecule has 0 saturated carbocycles. The van der Waals surface area contributed by atoms with Crippen molar-refractivity contribution in [1.82, 2.24) is 8.61 Å². The molecule has 0 unspecified atom stereocenters. The Morgan fingerprint density at radius 2 is 1.94 bits per heavy atom. The van der Waals surface area contributed by atoms with Crippen molar-refractivity contribution in [3.8, 4) is 0 Å². The molecule has 0 saturated heterocycles. The Labute approximate surface area is 116 Å². The number of hydrogen-bond acceptors (Lipinski definition) is 3. The molecular weight excluding hydrogens is 320 g/mol. The van der Waals surface area contributed by atoms with Crippen LogP contribution in [-0.4, -0.2) is 49.9 Å². The summed E-state index contributed by atoms with van der Waals surface area (Å²) >= 11 is 3.33. The number of hydrogen-bond donors (Lipinski definition) is 1. The molecule has 0 bridgehead atoms. The number of benzene rings is 1. The third-order valence-electron chi connectivity index (χ3n) is 2.67. The smallest absolute Gasteiger partial charge is 0.281 e. The van der Waals surface area contributed by atoms with Gasteiger partial charge in [-0.25, -0.2) is 0 Å². The third-order valence-corrected chi connectivity index (χ3v) is 5.07. The number of likely N-dealkylation sites (N-methyl/N-ethyl adjacent to an activating group) is 1. The molecule has 0 spiro atoms. The first kappa shape index (κ1) is 15.6. The number of halogens is 1. The SMILES string of the molecule is CN(C)S(=O)(=O)N(C)[C@@H](CO)c1cccc(Br)c1. The van der Waals surface area contributed by atoms with E-state index >= 15 is 0 Å². The summed E-state index contributed by atoms with van der Waals surface area (Å²) in [6, 6.07) is 6.63. The first-order valence-corrected chi connectivity index (χ1v) is 7.51. The standard InChI is InChI=1S/C11H17BrN2O3S/c1-13(2)18(16,17)14(3)11(8-15)9-5-4-6-10(12)7-9/h4-7,11,15H,8H2,1-3H3/t11-/m0/s1. The maximum Gasteiger partial charge on any atom is 0.281 e. The minimum Gasteiger partial charge on any atom is -0.394 e. The maximum atomic E-state index is 12.0. The Hall–Kier alpha value is -0.470. The molecule has 0 fully saturated rings. The van der Waals surface area contributed by atoms with Crippen LogP contribution in [0.15, 0.2) is 28.7 Å². The first-order chi connectivity index (χ1) is 8.30. The lowest BCUT2D eigenvalue weighted by Gasteiger charge is -2.28. The van der Waals surface area contributed by atoms with E-state index in [1.807, 2.05) is 6.07 Å². The largest absolute Gasteiger partial charge is 0.394 e. The Morgan fingerprint density at radius 1 is 1.33 bits per heavy atom. The monoisotopic (exact) mass is 336 g/mol. The zero-order chi connectivity index (χ0) is 13.9. The summed E-state index contributed by atoms with van der Waals surface area (Å²) < 4.78 is 27.2. The van der Waals surface area contributed by atoms with Crippen LogP contribution in [0.25, 0.3) is 0 Å². The van der Waals surface area contributed by atoms with Crippen molar-refractivity contribution in [2.24, 2.45) is 0 Å². The van der Waals surface area contributed by atoms with E-state index < -0.39 is 16.3 Å². The number of aliphatic hydroxyl groups is 1. The number of nitrogens with zero attached hydrogens (tertiary/aromatic N) is 2. The van der Waals surface area contributed by atoms with Crippen molar-refractivity contribution < 1.29 is 13.5 Å². The van der Waals surface area contributed by atoms with E-state index in [4.69, 9.17) is 0 Å². The molecule has 1 atom stereocenters. The summed E-state index contributed by atoms with van der Waals surface area (Å²) in [5, 5.41) is 9.45. The highest BCUT2D eigenvalue weighted by Crippen LogP contribution is 2.24. The summed E-state index contributed by atoms with van der Waals surface area (Å²) in [7, 11) is 0.817. The van der Waals surface area contributed by atoms with Gasteiger partial charge in [0.05, 0.1) is 12.6 Å². The molecule has 0 heterocycles. The fraction of sp³-hybridized carbons (Fsp3) is 0.455. The number of rotatable bonds is 5. The topological polar surface area (TPSA) is 60.9 Å². The van der Waals surface area contributed by atoms with Gasteiger partial charge in [-0.2, -0.15) is 17.0 Å². The van der Waals surface area contributed by atoms with Crippen molar-refractivity contribution in [1.29, 1.82) is 0 Å². The summed E-state index contributed by atoms with van der Waals surface area (Å²) in [6.45, 7) is -0.278. The van der Waals surface area contributed by atoms with Crippen LogP contribution in [0.3, 0.4) is 0 Å². The molecular formula is C11H17BrN2O3S. The van der Waals surface area contributed by atoms with Crippen LogP contribution in [0.5, 0.6) is 0 Å². The lowest BCUT2D eigenvalue weighted by atomic mass is 10.1. The van der Waals surface area contributed by atoms with Crippen molar-refractivity contribution in [3.05, 3.63) is 34.3 Å². The Morgan fingerprint density at radius 3 is 2.39 bits per heavy atom. The normalized spacial score (nSPS) is 14.2. The van der Waals surface area contributed by atoms with Crippen molar-refractivity contribution in [3.63, 3.8) is 0 Å². The molecule has 0 radical (unpaired) electrons. The van der Waals surface area contributed by atoms with Gasteiger partial charge in [0.1, 0.15) is 0 Å². The fourth-order valence-corrected chi connectivity index (χ4v) is 3.00. The second-order valence-corrected chi connectivity index (χ2v) is 7.18. The van der Waals surface area contributed by atoms with Crippen molar-refractivity contribution in [2.45, 2.75) is 6.04 Å². The molecule has 0 aliphatic rings. The fourth-order valence-electron chi connectivity index (χ4n) is 1.56. The van der Waals surface area contributed by atoms with Crippen LogP contribution in [0.2, 0.25) is 0 Å². The lowest BCUT2D eigenvalue weighted by molar-refractivity contribution is 0.199. The minimum absolute atomic E-state index is 0.278. The van der Waals surface area contributed by atoms with Gasteiger partial charge in [-0.05, 0) is 17.7 Å². The highest BCUT2D eigenvalue weighted by molar-refractivity contribution is 9.10. The first-order valence-electron chi connectivity index (χ1n) is 5.32. The second kappa shape index (κ2) is 6.12. The summed E-state index contributed by atoms with van der Waals surface area (Å²) in [4.78, 5) is 0. The predicted octanol–water partition coefficient (Wildman–Crippen LogP) is 1.22. The Kier molecular flexibility index (Phi) is 5.30. The van der Waals surface area contributed by atoms with Crippen LogP contribution in [0.4, 0.5) is 0 Å². The van der Waals surface area contributed by atoms with Gasteiger partial charge in [0.2, 0.25) is 0 Å². The van der Waals surface area contributed by atoms with E-state index in [1.54, 1.807) is 18.2 Å². The molecule has 1 aromatic carbocycles. The van der Waals surface area contributed by atoms with E-state index in [-0.39, 0.29) is 6.61 Å². The second-order valence-electron chi connectivity index (χ2n) is 4.06. The van der Waals surface area contributed by atoms with Gasteiger partial charge < -0.3 is 5.11 Å². The maximum absolute atomic E-state index is 12.0. The molecule has 0 aliphatic carbocycles. The molecule has 1 aromatic rings. The third kappa shape index (κ3) is 3.30. The highest BCUT2D eigenvalue weighted by atomic mass is 79.9. The quantitative estimate of drug-likeness (QED) is 0.879. The van der Waals surface area contributed by atoms with Gasteiger partial charge >= 0.3 is 0 Å². The summed E-state index contributed by atoms with van der Waals surface area (Å²) in [6.07, 6.45) is 0. The van der Waals surface area contributed by atoms with Crippen LogP contribution < -0.4 is 0 Å². The minimum atomic E-state index is -3.56. The Bertz CT molecular complexity index is 505. The van der Waals surface area contributed by atoms with Gasteiger partial charge in [-0.15, -0.1) is 0 Å². The van der Waals surface area contributed by atoms with Gasteiger partial charge in [0.25, 0.3) is 10.2 Å². The van der Waals surface area contributed by atoms with Crippen LogP contribution in [0, 0.1) is 0 Å². The summed E-state index contributed by atoms with van der Waals surface area (Å²) in [5.41, 5.74) is 0.736. The van der Waals surface area contributed by atoms with E-state index in [1.165, 1.54) is 21.1 Å². The van der Waals surface area contributed by atoms with Crippen molar-refractivity contribution >= 4 is 26.1 Å². The molecule has 0 aliphatic heterocycles. The van der Waals surface area contributed by atoms with E-state index in [2.05, 4.69) is 15.9 Å². The zero-order valence-electron chi connectivity index (χ0n) is 10.5. The highest BCUT2D eigenvalue weighted by Gasteiger charge is 2.28. The average molecular weight is 337 g/mol. The van der Waals surface area contributed by atoms with Crippen molar-refractivity contribution in [2.75, 3.05) is 27.7 Å². The zero-order valence-corrected chi connectivity index (χ0v) is 12.9. The average Bonchev–Trinajstić information content (AvgIpc) is 2.29. The van der Waals surface area contributed by atoms with E-state index in [0.717, 1.165) is 18.6 Å². The van der Waals surface area contributed by atoms with Crippen LogP contribution in [0.1, 0.15) is 11.6 Å². The number of aliphatic hydroxyl groups excluding tert-OH is 1. The molecule has 0 aromatic heterocycles. The molecule has 18 heavy (non-hydrogen) atoms. The van der Waals surface area contributed by atoms with Gasteiger partial charge in [0, 0.05) is 25.6 Å². The molecule has 0 amide bonds. The predicted molar refractivity (Wildman–Crippen MR) is 74.3 cm³/mol. The molecule has 5 nitrogen and oxygen atoms in total. The van der Waals surface area contributed by atoms with Gasteiger partial charge in [0.15, 0.2) is 0 Å². The van der Waals surface area contributed by atoms with E-state index in [0.29, 0.717) is 0 Å². The van der Waals surface area contributed by atoms with E-state index in [9.17, 15) is 13.5 Å². The lowest BCUT2D eigenvalue weighted by Crippen LogP contribution is -2.40. The van der Waals surface area contributed by atoms with Gasteiger partial charge in [-0.1, -0.05) is 28.1 Å². The van der Waals surface area contributed by atoms with Crippen LogP contribution >= 0.6 is 15.9 Å². The molecule has 1 rings (SSSR count). The molecule has 1 N–H and O–H groups in total. The summed E-state index contributed by atoms with van der Waals surface area (Å²) in [5.74, 6) is 0. The molecule has 7 heteroatoms. The van der Waals surface area contributed by atoms with Gasteiger partial charge in [-0.3, -0.25) is 0 Å². The Balaban J connectivity index is 3.12. The van der Waals surface area contributed by atoms with Crippen LogP contribution in [-0.2, 0) is 10.2 Å². The molecule has 102 valence electrons.